The summed E-state index contributed by atoms with van der Waals surface area (Å²) < 4.78 is 11.4. The van der Waals surface area contributed by atoms with Crippen LogP contribution < -0.4 is 5.73 Å². The Balaban J connectivity index is 1.82. The molecule has 5 heteroatoms. The van der Waals surface area contributed by atoms with Crippen LogP contribution in [0.1, 0.15) is 31.4 Å². The van der Waals surface area contributed by atoms with Gasteiger partial charge in [-0.05, 0) is 25.0 Å². The van der Waals surface area contributed by atoms with Crippen molar-refractivity contribution >= 4 is 5.69 Å². The molecule has 1 spiro atoms. The van der Waals surface area contributed by atoms with Crippen molar-refractivity contribution in [2.45, 2.75) is 36.9 Å². The van der Waals surface area contributed by atoms with Gasteiger partial charge in [0.05, 0.1) is 42.3 Å². The molecule has 0 atom stereocenters. The Hall–Kier alpha value is -1.64. The van der Waals surface area contributed by atoms with Crippen LogP contribution in [0.3, 0.4) is 0 Å². The molecular weight excluding hydrogens is 242 g/mol. The summed E-state index contributed by atoms with van der Waals surface area (Å²) in [5.41, 5.74) is 6.54. The second-order valence-corrected chi connectivity index (χ2v) is 5.28. The smallest absolute Gasteiger partial charge is 0.168 e. The summed E-state index contributed by atoms with van der Waals surface area (Å²) in [4.78, 5) is 4.33. The average Bonchev–Trinajstić information content (AvgIpc) is 2.90. The van der Waals surface area contributed by atoms with Crippen molar-refractivity contribution in [3.8, 4) is 6.07 Å². The Morgan fingerprint density at radius 1 is 1.16 bits per heavy atom. The summed E-state index contributed by atoms with van der Waals surface area (Å²) in [6.07, 6.45) is 4.52. The Labute approximate surface area is 112 Å². The van der Waals surface area contributed by atoms with E-state index in [2.05, 4.69) is 11.1 Å². The molecule has 100 valence electrons. The van der Waals surface area contributed by atoms with Crippen LogP contribution in [0.2, 0.25) is 0 Å². The average molecular weight is 259 g/mol. The molecule has 0 amide bonds. The summed E-state index contributed by atoms with van der Waals surface area (Å²) in [6.45, 7) is 1.30. The monoisotopic (exact) mass is 259 g/mol. The fraction of sp³-hybridized carbons (Fsp3) is 0.571. The maximum Gasteiger partial charge on any atom is 0.168 e. The Morgan fingerprint density at radius 3 is 2.37 bits per heavy atom. The highest BCUT2D eigenvalue weighted by atomic mass is 16.7. The lowest BCUT2D eigenvalue weighted by atomic mass is 9.70. The number of rotatable bonds is 1. The van der Waals surface area contributed by atoms with Gasteiger partial charge >= 0.3 is 0 Å². The van der Waals surface area contributed by atoms with Crippen molar-refractivity contribution < 1.29 is 9.47 Å². The minimum atomic E-state index is -0.533. The Bertz CT molecular complexity index is 490. The standard InChI is InChI=1S/C14H17N3O2/c15-10-13(12-2-1-11(16)9-17-12)3-5-14(6-4-13)18-7-8-19-14/h1-2,9H,3-8,16H2. The molecular formula is C14H17N3O2. The topological polar surface area (TPSA) is 81.2 Å². The van der Waals surface area contributed by atoms with Crippen molar-refractivity contribution in [1.29, 1.82) is 5.26 Å². The molecule has 2 fully saturated rings. The van der Waals surface area contributed by atoms with E-state index in [9.17, 15) is 5.26 Å². The summed E-state index contributed by atoms with van der Waals surface area (Å²) in [5, 5.41) is 9.59. The molecule has 1 aromatic heterocycles. The van der Waals surface area contributed by atoms with Gasteiger partial charge in [-0.3, -0.25) is 4.98 Å². The molecule has 3 rings (SSSR count). The first-order chi connectivity index (χ1) is 9.18. The molecule has 5 nitrogen and oxygen atoms in total. The largest absolute Gasteiger partial charge is 0.397 e. The Kier molecular flexibility index (Phi) is 2.92. The molecule has 19 heavy (non-hydrogen) atoms. The van der Waals surface area contributed by atoms with E-state index in [0.717, 1.165) is 18.5 Å². The molecule has 0 radical (unpaired) electrons. The predicted molar refractivity (Wildman–Crippen MR) is 69.0 cm³/mol. The third-order valence-corrected chi connectivity index (χ3v) is 4.17. The number of nitrogens with two attached hydrogens (primary N) is 1. The van der Waals surface area contributed by atoms with E-state index in [1.807, 2.05) is 6.07 Å². The Morgan fingerprint density at radius 2 is 1.84 bits per heavy atom. The molecule has 1 saturated heterocycles. The minimum Gasteiger partial charge on any atom is -0.397 e. The van der Waals surface area contributed by atoms with Crippen LogP contribution in [0.25, 0.3) is 0 Å². The summed E-state index contributed by atoms with van der Waals surface area (Å²) in [6, 6.07) is 6.10. The summed E-state index contributed by atoms with van der Waals surface area (Å²) >= 11 is 0. The van der Waals surface area contributed by atoms with Crippen molar-refractivity contribution in [2.75, 3.05) is 18.9 Å². The normalized spacial score (nSPS) is 24.2. The molecule has 1 aliphatic carbocycles. The third-order valence-electron chi connectivity index (χ3n) is 4.17. The maximum atomic E-state index is 9.59. The van der Waals surface area contributed by atoms with Gasteiger partial charge in [-0.2, -0.15) is 5.26 Å². The van der Waals surface area contributed by atoms with Gasteiger partial charge in [0.1, 0.15) is 0 Å². The van der Waals surface area contributed by atoms with Crippen molar-refractivity contribution in [3.63, 3.8) is 0 Å². The number of pyridine rings is 1. The number of ether oxygens (including phenoxy) is 2. The zero-order valence-corrected chi connectivity index (χ0v) is 10.8. The number of nitrogen functional groups attached to an aromatic ring is 1. The molecule has 0 bridgehead atoms. The summed E-state index contributed by atoms with van der Waals surface area (Å²) in [7, 11) is 0. The van der Waals surface area contributed by atoms with E-state index in [-0.39, 0.29) is 0 Å². The van der Waals surface area contributed by atoms with Crippen LogP contribution in [0, 0.1) is 11.3 Å². The fourth-order valence-electron chi connectivity index (χ4n) is 2.96. The highest BCUT2D eigenvalue weighted by Gasteiger charge is 2.47. The van der Waals surface area contributed by atoms with E-state index in [1.54, 1.807) is 12.3 Å². The molecule has 2 heterocycles. The molecule has 1 aliphatic heterocycles. The zero-order valence-electron chi connectivity index (χ0n) is 10.8. The first kappa shape index (κ1) is 12.4. The van der Waals surface area contributed by atoms with Gasteiger partial charge in [0.25, 0.3) is 0 Å². The van der Waals surface area contributed by atoms with Crippen LogP contribution in [-0.2, 0) is 14.9 Å². The molecule has 1 aromatic rings. The lowest BCUT2D eigenvalue weighted by molar-refractivity contribution is -0.182. The van der Waals surface area contributed by atoms with E-state index in [4.69, 9.17) is 15.2 Å². The highest BCUT2D eigenvalue weighted by molar-refractivity contribution is 5.38. The van der Waals surface area contributed by atoms with Gasteiger partial charge < -0.3 is 15.2 Å². The van der Waals surface area contributed by atoms with Gasteiger partial charge in [-0.1, -0.05) is 0 Å². The molecule has 0 aromatic carbocycles. The van der Waals surface area contributed by atoms with E-state index in [0.29, 0.717) is 31.7 Å². The van der Waals surface area contributed by atoms with Gasteiger partial charge in [-0.15, -0.1) is 0 Å². The SMILES string of the molecule is N#CC1(c2ccc(N)cn2)CCC2(CC1)OCCO2. The maximum absolute atomic E-state index is 9.59. The highest BCUT2D eigenvalue weighted by Crippen LogP contribution is 2.45. The van der Waals surface area contributed by atoms with Crippen molar-refractivity contribution in [2.24, 2.45) is 0 Å². The van der Waals surface area contributed by atoms with Crippen LogP contribution in [-0.4, -0.2) is 24.0 Å². The molecule has 2 N–H and O–H groups in total. The quantitative estimate of drug-likeness (QED) is 0.830. The van der Waals surface area contributed by atoms with Gasteiger partial charge in [0.15, 0.2) is 5.79 Å². The summed E-state index contributed by atoms with van der Waals surface area (Å²) in [5.74, 6) is -0.450. The predicted octanol–water partition coefficient (Wildman–Crippen LogP) is 1.74. The van der Waals surface area contributed by atoms with Crippen LogP contribution in [0.4, 0.5) is 5.69 Å². The number of nitrogens with zero attached hydrogens (tertiary/aromatic N) is 2. The van der Waals surface area contributed by atoms with Crippen LogP contribution in [0.5, 0.6) is 0 Å². The first-order valence-electron chi connectivity index (χ1n) is 6.59. The lowest BCUT2D eigenvalue weighted by Crippen LogP contribution is -2.41. The molecule has 1 saturated carbocycles. The fourth-order valence-corrected chi connectivity index (χ4v) is 2.96. The third kappa shape index (κ3) is 2.07. The number of aromatic nitrogens is 1. The van der Waals surface area contributed by atoms with Gasteiger partial charge in [-0.25, -0.2) is 0 Å². The van der Waals surface area contributed by atoms with Crippen LogP contribution in [0.15, 0.2) is 18.3 Å². The van der Waals surface area contributed by atoms with Crippen molar-refractivity contribution in [1.82, 2.24) is 4.98 Å². The molecule has 2 aliphatic rings. The van der Waals surface area contributed by atoms with Crippen molar-refractivity contribution in [3.05, 3.63) is 24.0 Å². The number of hydrogen-bond donors (Lipinski definition) is 1. The molecule has 0 unspecified atom stereocenters. The second kappa shape index (κ2) is 4.48. The second-order valence-electron chi connectivity index (χ2n) is 5.28. The van der Waals surface area contributed by atoms with E-state index in [1.165, 1.54) is 0 Å². The minimum absolute atomic E-state index is 0.450. The van der Waals surface area contributed by atoms with Crippen LogP contribution >= 0.6 is 0 Å². The first-order valence-corrected chi connectivity index (χ1v) is 6.59. The number of hydrogen-bond acceptors (Lipinski definition) is 5. The van der Waals surface area contributed by atoms with Gasteiger partial charge in [0, 0.05) is 12.8 Å². The number of nitriles is 1. The zero-order chi connectivity index (χ0) is 13.3. The van der Waals surface area contributed by atoms with E-state index < -0.39 is 11.2 Å². The van der Waals surface area contributed by atoms with E-state index >= 15 is 0 Å². The van der Waals surface area contributed by atoms with Gasteiger partial charge in [0.2, 0.25) is 0 Å². The number of anilines is 1. The lowest BCUT2D eigenvalue weighted by Gasteiger charge is -2.39.